The second-order valence-electron chi connectivity index (χ2n) is 11.1. The molecule has 4 aromatic rings. The number of amides is 3. The standard InChI is InChI=1S/C33H35N3O5S/c1-21-11-7-8-15-24(21)19-34-31(39)29-33(2,3)42-20-36(29)32(40)28(37)25(17-22-12-5-4-6-13-22)35-30(38)27-18-23-14-9-10-16-26(23)41-27/h4-16,18,25,28-29,37H,17,19-20H2,1-3H3,(H,34,39)(H,35,38). The summed E-state index contributed by atoms with van der Waals surface area (Å²) in [5.41, 5.74) is 3.45. The largest absolute Gasteiger partial charge is 0.451 e. The first-order valence-electron chi connectivity index (χ1n) is 13.9. The molecule has 0 bridgehead atoms. The lowest BCUT2D eigenvalue weighted by Gasteiger charge is -2.33. The number of thioether (sulfide) groups is 1. The molecule has 0 radical (unpaired) electrons. The van der Waals surface area contributed by atoms with E-state index < -0.39 is 34.7 Å². The van der Waals surface area contributed by atoms with Gasteiger partial charge in [-0.2, -0.15) is 0 Å². The van der Waals surface area contributed by atoms with Crippen molar-refractivity contribution < 1.29 is 23.9 Å². The van der Waals surface area contributed by atoms with Gasteiger partial charge in [0.15, 0.2) is 11.9 Å². The molecular weight excluding hydrogens is 550 g/mol. The van der Waals surface area contributed by atoms with Crippen LogP contribution >= 0.6 is 11.8 Å². The van der Waals surface area contributed by atoms with E-state index in [-0.39, 0.29) is 24.0 Å². The molecule has 0 saturated carbocycles. The van der Waals surface area contributed by atoms with E-state index in [4.69, 9.17) is 4.42 Å². The fourth-order valence-corrected chi connectivity index (χ4v) is 6.43. The van der Waals surface area contributed by atoms with E-state index in [9.17, 15) is 19.5 Å². The van der Waals surface area contributed by atoms with E-state index in [1.165, 1.54) is 16.7 Å². The number of furan rings is 1. The van der Waals surface area contributed by atoms with Crippen LogP contribution in [-0.2, 0) is 22.6 Å². The Balaban J connectivity index is 1.36. The van der Waals surface area contributed by atoms with Crippen molar-refractivity contribution in [2.75, 3.05) is 5.88 Å². The van der Waals surface area contributed by atoms with Crippen molar-refractivity contribution in [1.82, 2.24) is 15.5 Å². The maximum atomic E-state index is 13.9. The Morgan fingerprint density at radius 3 is 2.45 bits per heavy atom. The summed E-state index contributed by atoms with van der Waals surface area (Å²) in [6, 6.07) is 24.3. The van der Waals surface area contributed by atoms with Crippen molar-refractivity contribution in [2.45, 2.75) is 56.7 Å². The molecule has 0 spiro atoms. The predicted octanol–water partition coefficient (Wildman–Crippen LogP) is 4.44. The van der Waals surface area contributed by atoms with Gasteiger partial charge < -0.3 is 25.1 Å². The normalized spacial score (nSPS) is 17.5. The highest BCUT2D eigenvalue weighted by Crippen LogP contribution is 2.40. The first-order valence-corrected chi connectivity index (χ1v) is 14.9. The number of fused-ring (bicyclic) bond motifs is 1. The third kappa shape index (κ3) is 6.37. The van der Waals surface area contributed by atoms with Gasteiger partial charge in [-0.1, -0.05) is 72.8 Å². The Bertz CT molecular complexity index is 1550. The lowest BCUT2D eigenvalue weighted by atomic mass is 9.97. The molecule has 3 aromatic carbocycles. The van der Waals surface area contributed by atoms with E-state index in [0.717, 1.165) is 22.1 Å². The molecule has 3 atom stereocenters. The fraction of sp³-hybridized carbons (Fsp3) is 0.303. The molecule has 1 saturated heterocycles. The number of carbonyl (C=O) groups excluding carboxylic acids is 3. The molecule has 1 aromatic heterocycles. The monoisotopic (exact) mass is 585 g/mol. The van der Waals surface area contributed by atoms with Crippen molar-refractivity contribution >= 4 is 40.5 Å². The number of aliphatic hydroxyl groups is 1. The van der Waals surface area contributed by atoms with Gasteiger partial charge in [0.1, 0.15) is 11.6 Å². The molecule has 1 aliphatic heterocycles. The molecule has 8 nitrogen and oxygen atoms in total. The van der Waals surface area contributed by atoms with Gasteiger partial charge in [-0.15, -0.1) is 11.8 Å². The summed E-state index contributed by atoms with van der Waals surface area (Å²) in [5, 5.41) is 18.1. The minimum atomic E-state index is -1.60. The fourth-order valence-electron chi connectivity index (χ4n) is 5.29. The zero-order chi connectivity index (χ0) is 29.9. The number of nitrogens with zero attached hydrogens (tertiary/aromatic N) is 1. The lowest BCUT2D eigenvalue weighted by Crippen LogP contribution is -2.58. The minimum Gasteiger partial charge on any atom is -0.451 e. The Hall–Kier alpha value is -4.08. The second-order valence-corrected chi connectivity index (χ2v) is 12.7. The summed E-state index contributed by atoms with van der Waals surface area (Å²) in [6.45, 7) is 6.15. The Morgan fingerprint density at radius 1 is 1.02 bits per heavy atom. The van der Waals surface area contributed by atoms with Crippen LogP contribution in [0.25, 0.3) is 11.0 Å². The third-order valence-corrected chi connectivity index (χ3v) is 9.06. The predicted molar refractivity (Wildman–Crippen MR) is 164 cm³/mol. The minimum absolute atomic E-state index is 0.0835. The number of hydrogen-bond donors (Lipinski definition) is 3. The first-order chi connectivity index (χ1) is 20.1. The van der Waals surface area contributed by atoms with Crippen molar-refractivity contribution in [3.8, 4) is 0 Å². The molecular formula is C33H35N3O5S. The van der Waals surface area contributed by atoms with E-state index in [1.54, 1.807) is 12.1 Å². The van der Waals surface area contributed by atoms with Gasteiger partial charge in [-0.05, 0) is 56.0 Å². The van der Waals surface area contributed by atoms with Gasteiger partial charge in [-0.25, -0.2) is 0 Å². The maximum absolute atomic E-state index is 13.9. The molecule has 3 amide bonds. The summed E-state index contributed by atoms with van der Waals surface area (Å²) in [7, 11) is 0. The Labute approximate surface area is 249 Å². The molecule has 9 heteroatoms. The maximum Gasteiger partial charge on any atom is 0.287 e. The summed E-state index contributed by atoms with van der Waals surface area (Å²) < 4.78 is 5.14. The van der Waals surface area contributed by atoms with E-state index in [0.29, 0.717) is 12.1 Å². The van der Waals surface area contributed by atoms with Gasteiger partial charge in [0.05, 0.1) is 11.9 Å². The molecule has 42 heavy (non-hydrogen) atoms. The van der Waals surface area contributed by atoms with Crippen LogP contribution in [0.15, 0.2) is 89.3 Å². The highest BCUT2D eigenvalue weighted by atomic mass is 32.2. The highest BCUT2D eigenvalue weighted by molar-refractivity contribution is 8.00. The van der Waals surface area contributed by atoms with Crippen LogP contribution in [0.1, 0.15) is 41.1 Å². The van der Waals surface area contributed by atoms with Crippen LogP contribution < -0.4 is 10.6 Å². The molecule has 3 N–H and O–H groups in total. The molecule has 218 valence electrons. The van der Waals surface area contributed by atoms with E-state index >= 15 is 0 Å². The topological polar surface area (TPSA) is 112 Å². The molecule has 3 unspecified atom stereocenters. The van der Waals surface area contributed by atoms with Crippen LogP contribution in [0, 0.1) is 6.92 Å². The number of rotatable bonds is 9. The SMILES string of the molecule is Cc1ccccc1CNC(=O)C1N(C(=O)C(O)C(Cc2ccccc2)NC(=O)c2cc3ccccc3o2)CSC1(C)C. The van der Waals surface area contributed by atoms with Crippen molar-refractivity contribution in [2.24, 2.45) is 0 Å². The Morgan fingerprint density at radius 2 is 1.71 bits per heavy atom. The molecule has 5 rings (SSSR count). The van der Waals surface area contributed by atoms with Gasteiger partial charge in [0, 0.05) is 16.7 Å². The zero-order valence-corrected chi connectivity index (χ0v) is 24.7. The molecule has 1 fully saturated rings. The van der Waals surface area contributed by atoms with Crippen molar-refractivity contribution in [3.05, 3.63) is 107 Å². The van der Waals surface area contributed by atoms with Gasteiger partial charge >= 0.3 is 0 Å². The quantitative estimate of drug-likeness (QED) is 0.268. The number of para-hydroxylation sites is 1. The summed E-state index contributed by atoms with van der Waals surface area (Å²) in [6.07, 6.45) is -1.39. The average Bonchev–Trinajstić information content (AvgIpc) is 3.56. The van der Waals surface area contributed by atoms with Gasteiger partial charge in [0.2, 0.25) is 5.91 Å². The van der Waals surface area contributed by atoms with E-state index in [2.05, 4.69) is 10.6 Å². The third-order valence-electron chi connectivity index (χ3n) is 7.69. The number of carbonyl (C=O) groups is 3. The molecule has 2 heterocycles. The number of aryl methyl sites for hydroxylation is 1. The summed E-state index contributed by atoms with van der Waals surface area (Å²) in [5.74, 6) is -1.13. The van der Waals surface area contributed by atoms with Crippen LogP contribution in [0.3, 0.4) is 0 Å². The van der Waals surface area contributed by atoms with Gasteiger partial charge in [0.25, 0.3) is 11.8 Å². The van der Waals surface area contributed by atoms with Crippen molar-refractivity contribution in [3.63, 3.8) is 0 Å². The summed E-state index contributed by atoms with van der Waals surface area (Å²) >= 11 is 1.47. The second kappa shape index (κ2) is 12.4. The number of aliphatic hydroxyl groups excluding tert-OH is 1. The number of benzene rings is 3. The molecule has 0 aliphatic carbocycles. The van der Waals surface area contributed by atoms with E-state index in [1.807, 2.05) is 93.6 Å². The zero-order valence-electron chi connectivity index (χ0n) is 23.9. The number of nitrogens with one attached hydrogen (secondary N) is 2. The van der Waals surface area contributed by atoms with Gasteiger partial charge in [-0.3, -0.25) is 14.4 Å². The average molecular weight is 586 g/mol. The van der Waals surface area contributed by atoms with Crippen LogP contribution in [0.5, 0.6) is 0 Å². The summed E-state index contributed by atoms with van der Waals surface area (Å²) in [4.78, 5) is 42.1. The lowest BCUT2D eigenvalue weighted by molar-refractivity contribution is -0.147. The van der Waals surface area contributed by atoms with Crippen molar-refractivity contribution in [1.29, 1.82) is 0 Å². The van der Waals surface area contributed by atoms with Crippen LogP contribution in [0.4, 0.5) is 0 Å². The highest BCUT2D eigenvalue weighted by Gasteiger charge is 2.49. The number of hydrogen-bond acceptors (Lipinski definition) is 6. The smallest absolute Gasteiger partial charge is 0.287 e. The van der Waals surface area contributed by atoms with Crippen LogP contribution in [-0.4, -0.2) is 56.5 Å². The Kier molecular flexibility index (Phi) is 8.70. The van der Waals surface area contributed by atoms with Crippen LogP contribution in [0.2, 0.25) is 0 Å². The molecule has 1 aliphatic rings. The first kappa shape index (κ1) is 29.4.